The average Bonchev–Trinajstić information content (AvgIpc) is 3.06. The molecule has 0 bridgehead atoms. The van der Waals surface area contributed by atoms with E-state index in [1.165, 1.54) is 22.4 Å². The van der Waals surface area contributed by atoms with Gasteiger partial charge in [-0.25, -0.2) is 4.98 Å². The molecule has 0 aliphatic carbocycles. The SMILES string of the molecule is Cc1cc(N2CCOCC2)ccc1-c1ccc2[nH]c3ncc(Cl)cc3c2c1. The van der Waals surface area contributed by atoms with E-state index in [0.29, 0.717) is 5.02 Å². The minimum atomic E-state index is 0.653. The molecule has 5 rings (SSSR count). The second-order valence-electron chi connectivity index (χ2n) is 7.03. The van der Waals surface area contributed by atoms with Crippen molar-refractivity contribution < 1.29 is 4.74 Å². The standard InChI is InChI=1S/C22H20ClN3O/c1-14-10-17(26-6-8-27-9-7-26)3-4-18(14)15-2-5-21-19(11-15)20-12-16(23)13-24-22(20)25-21/h2-5,10-13H,6-9H2,1H3,(H,24,25). The van der Waals surface area contributed by atoms with Gasteiger partial charge in [0, 0.05) is 41.3 Å². The summed E-state index contributed by atoms with van der Waals surface area (Å²) >= 11 is 6.16. The molecule has 0 saturated carbocycles. The van der Waals surface area contributed by atoms with E-state index in [9.17, 15) is 0 Å². The number of H-pyrrole nitrogens is 1. The van der Waals surface area contributed by atoms with Gasteiger partial charge in [0.05, 0.1) is 18.2 Å². The number of pyridine rings is 1. The Bertz CT molecular complexity index is 1150. The van der Waals surface area contributed by atoms with Gasteiger partial charge in [0.2, 0.25) is 0 Å². The maximum Gasteiger partial charge on any atom is 0.138 e. The molecule has 4 aromatic rings. The lowest BCUT2D eigenvalue weighted by Crippen LogP contribution is -2.36. The molecule has 2 aromatic heterocycles. The van der Waals surface area contributed by atoms with E-state index in [0.717, 1.165) is 48.2 Å². The minimum absolute atomic E-state index is 0.653. The topological polar surface area (TPSA) is 41.1 Å². The Morgan fingerprint density at radius 1 is 1.04 bits per heavy atom. The van der Waals surface area contributed by atoms with Gasteiger partial charge >= 0.3 is 0 Å². The van der Waals surface area contributed by atoms with E-state index in [1.807, 2.05) is 6.07 Å². The number of aromatic nitrogens is 2. The number of nitrogens with zero attached hydrogens (tertiary/aromatic N) is 2. The van der Waals surface area contributed by atoms with Crippen LogP contribution in [-0.2, 0) is 4.74 Å². The van der Waals surface area contributed by atoms with Crippen LogP contribution in [0.15, 0.2) is 48.7 Å². The quantitative estimate of drug-likeness (QED) is 0.523. The highest BCUT2D eigenvalue weighted by Gasteiger charge is 2.13. The molecule has 5 heteroatoms. The second-order valence-corrected chi connectivity index (χ2v) is 7.47. The number of morpholine rings is 1. The molecule has 0 radical (unpaired) electrons. The first kappa shape index (κ1) is 16.6. The summed E-state index contributed by atoms with van der Waals surface area (Å²) in [5.41, 5.74) is 6.93. The Balaban J connectivity index is 1.58. The van der Waals surface area contributed by atoms with Crippen molar-refractivity contribution in [3.63, 3.8) is 0 Å². The van der Waals surface area contributed by atoms with Crippen LogP contribution in [-0.4, -0.2) is 36.3 Å². The molecule has 4 nitrogen and oxygen atoms in total. The monoisotopic (exact) mass is 377 g/mol. The third-order valence-electron chi connectivity index (χ3n) is 5.31. The van der Waals surface area contributed by atoms with Crippen molar-refractivity contribution in [2.75, 3.05) is 31.2 Å². The van der Waals surface area contributed by atoms with E-state index in [-0.39, 0.29) is 0 Å². The number of hydrogen-bond donors (Lipinski definition) is 1. The Morgan fingerprint density at radius 2 is 1.89 bits per heavy atom. The highest BCUT2D eigenvalue weighted by molar-refractivity contribution is 6.31. The first-order valence-electron chi connectivity index (χ1n) is 9.20. The third kappa shape index (κ3) is 2.95. The number of aromatic amines is 1. The summed E-state index contributed by atoms with van der Waals surface area (Å²) in [5, 5.41) is 2.86. The van der Waals surface area contributed by atoms with Crippen LogP contribution in [0.2, 0.25) is 5.02 Å². The number of ether oxygens (including phenoxy) is 1. The molecule has 136 valence electrons. The molecular formula is C22H20ClN3O. The molecule has 0 atom stereocenters. The predicted octanol–water partition coefficient (Wildman–Crippen LogP) is 5.18. The van der Waals surface area contributed by atoms with Crippen molar-refractivity contribution in [3.05, 3.63) is 59.2 Å². The number of aryl methyl sites for hydroxylation is 1. The fraction of sp³-hybridized carbons (Fsp3) is 0.227. The molecule has 1 aliphatic heterocycles. The van der Waals surface area contributed by atoms with Crippen molar-refractivity contribution in [2.24, 2.45) is 0 Å². The average molecular weight is 378 g/mol. The molecule has 2 aromatic carbocycles. The number of benzene rings is 2. The summed E-state index contributed by atoms with van der Waals surface area (Å²) in [6, 6.07) is 15.2. The summed E-state index contributed by atoms with van der Waals surface area (Å²) in [6.45, 7) is 5.68. The van der Waals surface area contributed by atoms with Gasteiger partial charge in [-0.05, 0) is 53.9 Å². The van der Waals surface area contributed by atoms with Crippen molar-refractivity contribution in [3.8, 4) is 11.1 Å². The second kappa shape index (κ2) is 6.55. The van der Waals surface area contributed by atoms with E-state index in [2.05, 4.69) is 58.2 Å². The van der Waals surface area contributed by atoms with E-state index in [1.54, 1.807) is 6.20 Å². The lowest BCUT2D eigenvalue weighted by molar-refractivity contribution is 0.122. The van der Waals surface area contributed by atoms with Gasteiger partial charge in [0.1, 0.15) is 5.65 Å². The number of rotatable bonds is 2. The van der Waals surface area contributed by atoms with Crippen molar-refractivity contribution >= 4 is 39.2 Å². The first-order valence-corrected chi connectivity index (χ1v) is 9.57. The number of halogens is 1. The van der Waals surface area contributed by atoms with Crippen LogP contribution in [0.1, 0.15) is 5.56 Å². The summed E-state index contributed by atoms with van der Waals surface area (Å²) < 4.78 is 5.46. The molecule has 0 unspecified atom stereocenters. The van der Waals surface area contributed by atoms with Crippen molar-refractivity contribution in [2.45, 2.75) is 6.92 Å². The molecule has 1 N–H and O–H groups in total. The highest BCUT2D eigenvalue weighted by Crippen LogP contribution is 2.33. The number of hydrogen-bond acceptors (Lipinski definition) is 3. The van der Waals surface area contributed by atoms with Gasteiger partial charge in [-0.2, -0.15) is 0 Å². The zero-order valence-corrected chi connectivity index (χ0v) is 15.9. The molecule has 27 heavy (non-hydrogen) atoms. The zero-order valence-electron chi connectivity index (χ0n) is 15.1. The molecule has 3 heterocycles. The normalized spacial score (nSPS) is 15.0. The van der Waals surface area contributed by atoms with Gasteiger partial charge < -0.3 is 14.6 Å². The fourth-order valence-corrected chi connectivity index (χ4v) is 4.06. The van der Waals surface area contributed by atoms with Crippen LogP contribution < -0.4 is 4.90 Å². The van der Waals surface area contributed by atoms with Crippen LogP contribution in [0.4, 0.5) is 5.69 Å². The summed E-state index contributed by atoms with van der Waals surface area (Å²) in [6.07, 6.45) is 1.68. The van der Waals surface area contributed by atoms with Gasteiger partial charge in [0.15, 0.2) is 0 Å². The van der Waals surface area contributed by atoms with E-state index >= 15 is 0 Å². The first-order chi connectivity index (χ1) is 13.2. The van der Waals surface area contributed by atoms with Crippen molar-refractivity contribution in [1.82, 2.24) is 9.97 Å². The molecule has 1 saturated heterocycles. The maximum atomic E-state index is 6.16. The number of fused-ring (bicyclic) bond motifs is 3. The lowest BCUT2D eigenvalue weighted by Gasteiger charge is -2.29. The summed E-state index contributed by atoms with van der Waals surface area (Å²) in [7, 11) is 0. The zero-order chi connectivity index (χ0) is 18.4. The van der Waals surface area contributed by atoms with Crippen LogP contribution >= 0.6 is 11.6 Å². The summed E-state index contributed by atoms with van der Waals surface area (Å²) in [4.78, 5) is 10.1. The van der Waals surface area contributed by atoms with Crippen LogP contribution in [0.5, 0.6) is 0 Å². The van der Waals surface area contributed by atoms with E-state index < -0.39 is 0 Å². The van der Waals surface area contributed by atoms with Crippen LogP contribution in [0, 0.1) is 6.92 Å². The fourth-order valence-electron chi connectivity index (χ4n) is 3.91. The Morgan fingerprint density at radius 3 is 2.70 bits per heavy atom. The largest absolute Gasteiger partial charge is 0.378 e. The van der Waals surface area contributed by atoms with Crippen LogP contribution in [0.25, 0.3) is 33.1 Å². The highest BCUT2D eigenvalue weighted by atomic mass is 35.5. The van der Waals surface area contributed by atoms with Gasteiger partial charge in [-0.3, -0.25) is 0 Å². The van der Waals surface area contributed by atoms with E-state index in [4.69, 9.17) is 16.3 Å². The third-order valence-corrected chi connectivity index (χ3v) is 5.52. The van der Waals surface area contributed by atoms with Gasteiger partial charge in [0.25, 0.3) is 0 Å². The predicted molar refractivity (Wildman–Crippen MR) is 112 cm³/mol. The smallest absolute Gasteiger partial charge is 0.138 e. The Kier molecular flexibility index (Phi) is 4.03. The maximum absolute atomic E-state index is 6.16. The molecule has 1 aliphatic rings. The number of nitrogens with one attached hydrogen (secondary N) is 1. The Hall–Kier alpha value is -2.56. The molecule has 0 spiro atoms. The Labute approximate surface area is 162 Å². The van der Waals surface area contributed by atoms with Gasteiger partial charge in [-0.1, -0.05) is 23.7 Å². The molecule has 0 amide bonds. The molecule has 1 fully saturated rings. The molecular weight excluding hydrogens is 358 g/mol. The van der Waals surface area contributed by atoms with Crippen molar-refractivity contribution in [1.29, 1.82) is 0 Å². The minimum Gasteiger partial charge on any atom is -0.378 e. The number of anilines is 1. The summed E-state index contributed by atoms with van der Waals surface area (Å²) in [5.74, 6) is 0. The lowest BCUT2D eigenvalue weighted by atomic mass is 9.98. The van der Waals surface area contributed by atoms with Gasteiger partial charge in [-0.15, -0.1) is 0 Å². The van der Waals surface area contributed by atoms with Crippen LogP contribution in [0.3, 0.4) is 0 Å².